The van der Waals surface area contributed by atoms with E-state index < -0.39 is 5.97 Å². The molecule has 3 aromatic carbocycles. The van der Waals surface area contributed by atoms with Crippen molar-refractivity contribution in [3.63, 3.8) is 0 Å². The largest absolute Gasteiger partial charge is 0.481 e. The second-order valence-electron chi connectivity index (χ2n) is 9.99. The minimum Gasteiger partial charge on any atom is -0.481 e. The Balaban J connectivity index is 1.32. The number of pyridine rings is 1. The molecule has 1 N–H and O–H groups in total. The van der Waals surface area contributed by atoms with Crippen LogP contribution in [0.5, 0.6) is 11.8 Å². The quantitative estimate of drug-likeness (QED) is 0.259. The van der Waals surface area contributed by atoms with Gasteiger partial charge < -0.3 is 19.5 Å². The zero-order chi connectivity index (χ0) is 27.5. The smallest absolute Gasteiger partial charge is 0.308 e. The predicted octanol–water partition coefficient (Wildman–Crippen LogP) is 5.70. The third kappa shape index (κ3) is 5.33. The highest BCUT2D eigenvalue weighted by Gasteiger charge is 2.28. The Bertz CT molecular complexity index is 1640. The number of ether oxygens (including phenoxy) is 2. The van der Waals surface area contributed by atoms with Crippen LogP contribution >= 0.6 is 0 Å². The molecule has 0 unspecified atom stereocenters. The molecule has 1 aliphatic heterocycles. The Morgan fingerprint density at radius 2 is 1.62 bits per heavy atom. The Labute approximate surface area is 232 Å². The summed E-state index contributed by atoms with van der Waals surface area (Å²) in [4.78, 5) is 18.3. The molecule has 8 nitrogen and oxygen atoms in total. The normalized spacial score (nSPS) is 14.9. The van der Waals surface area contributed by atoms with Crippen molar-refractivity contribution in [2.24, 2.45) is 13.0 Å². The lowest BCUT2D eigenvalue weighted by Gasteiger charge is -2.18. The van der Waals surface area contributed by atoms with Gasteiger partial charge in [0.15, 0.2) is 0 Å². The summed E-state index contributed by atoms with van der Waals surface area (Å²) in [6.45, 7) is 1.99. The molecule has 1 atom stereocenters. The van der Waals surface area contributed by atoms with Crippen LogP contribution in [0, 0.1) is 5.92 Å². The van der Waals surface area contributed by atoms with Gasteiger partial charge >= 0.3 is 5.97 Å². The van der Waals surface area contributed by atoms with Gasteiger partial charge in [-0.1, -0.05) is 60.7 Å². The Morgan fingerprint density at radius 1 is 0.925 bits per heavy atom. The van der Waals surface area contributed by atoms with E-state index in [1.807, 2.05) is 96.7 Å². The number of rotatable bonds is 9. The maximum atomic E-state index is 11.5. The molecule has 0 saturated carbocycles. The van der Waals surface area contributed by atoms with Gasteiger partial charge in [-0.2, -0.15) is 10.1 Å². The van der Waals surface area contributed by atoms with E-state index in [0.717, 1.165) is 45.5 Å². The van der Waals surface area contributed by atoms with Crippen LogP contribution in [0.2, 0.25) is 0 Å². The number of hydrogen-bond donors (Lipinski definition) is 1. The Morgan fingerprint density at radius 3 is 2.30 bits per heavy atom. The van der Waals surface area contributed by atoms with Crippen LogP contribution in [0.1, 0.15) is 17.5 Å². The molecular formula is C32H30N4O4. The number of aromatic nitrogens is 3. The molecular weight excluding hydrogens is 504 g/mol. The van der Waals surface area contributed by atoms with E-state index in [4.69, 9.17) is 19.6 Å². The van der Waals surface area contributed by atoms with Crippen LogP contribution in [0.15, 0.2) is 91.0 Å². The Kier molecular flexibility index (Phi) is 7.06. The lowest BCUT2D eigenvalue weighted by atomic mass is 10.1. The molecule has 0 bridgehead atoms. The summed E-state index contributed by atoms with van der Waals surface area (Å²) in [7, 11) is 1.91. The maximum absolute atomic E-state index is 11.5. The van der Waals surface area contributed by atoms with Crippen molar-refractivity contribution in [3.05, 3.63) is 102 Å². The average Bonchev–Trinajstić information content (AvgIpc) is 3.61. The summed E-state index contributed by atoms with van der Waals surface area (Å²) in [5.74, 6) is -0.156. The minimum absolute atomic E-state index is 0.337. The number of nitrogens with zero attached hydrogens (tertiary/aromatic N) is 4. The lowest BCUT2D eigenvalue weighted by Crippen LogP contribution is -2.22. The molecule has 5 aromatic rings. The summed E-state index contributed by atoms with van der Waals surface area (Å²) in [6.07, 6.45) is 0.649. The van der Waals surface area contributed by atoms with E-state index in [2.05, 4.69) is 11.0 Å². The first-order valence-electron chi connectivity index (χ1n) is 13.3. The zero-order valence-electron chi connectivity index (χ0n) is 22.2. The van der Waals surface area contributed by atoms with Crippen molar-refractivity contribution in [2.45, 2.75) is 19.6 Å². The molecule has 3 heterocycles. The summed E-state index contributed by atoms with van der Waals surface area (Å²) in [5, 5.41) is 15.2. The predicted molar refractivity (Wildman–Crippen MR) is 153 cm³/mol. The van der Waals surface area contributed by atoms with Gasteiger partial charge in [-0.25, -0.2) is 0 Å². The molecule has 2 aromatic heterocycles. The van der Waals surface area contributed by atoms with Crippen LogP contribution in [0.4, 0.5) is 5.69 Å². The zero-order valence-corrected chi connectivity index (χ0v) is 22.2. The van der Waals surface area contributed by atoms with Gasteiger partial charge in [-0.15, -0.1) is 0 Å². The number of anilines is 1. The number of fused-ring (bicyclic) bond motifs is 1. The molecule has 1 aliphatic rings. The van der Waals surface area contributed by atoms with Gasteiger partial charge in [-0.3, -0.25) is 9.48 Å². The second kappa shape index (κ2) is 11.1. The molecule has 6 rings (SSSR count). The van der Waals surface area contributed by atoms with E-state index in [9.17, 15) is 9.90 Å². The summed E-state index contributed by atoms with van der Waals surface area (Å²) < 4.78 is 14.1. The van der Waals surface area contributed by atoms with E-state index in [1.54, 1.807) is 0 Å². The van der Waals surface area contributed by atoms with Crippen LogP contribution < -0.4 is 14.4 Å². The maximum Gasteiger partial charge on any atom is 0.308 e. The highest BCUT2D eigenvalue weighted by atomic mass is 16.5. The van der Waals surface area contributed by atoms with Crippen LogP contribution in [0.25, 0.3) is 22.2 Å². The highest BCUT2D eigenvalue weighted by Crippen LogP contribution is 2.37. The van der Waals surface area contributed by atoms with Gasteiger partial charge in [0.05, 0.1) is 17.0 Å². The van der Waals surface area contributed by atoms with Crippen LogP contribution in [-0.4, -0.2) is 38.9 Å². The number of carboxylic acid groups (broad SMARTS) is 1. The molecule has 0 spiro atoms. The fourth-order valence-electron chi connectivity index (χ4n) is 5.09. The van der Waals surface area contributed by atoms with Crippen molar-refractivity contribution in [1.82, 2.24) is 14.8 Å². The summed E-state index contributed by atoms with van der Waals surface area (Å²) in [5.41, 5.74) is 5.57. The fourth-order valence-corrected chi connectivity index (χ4v) is 5.09. The molecule has 202 valence electrons. The van der Waals surface area contributed by atoms with E-state index >= 15 is 0 Å². The molecule has 1 saturated heterocycles. The Hall–Kier alpha value is -4.85. The molecule has 8 heteroatoms. The van der Waals surface area contributed by atoms with Gasteiger partial charge in [0.2, 0.25) is 11.8 Å². The molecule has 40 heavy (non-hydrogen) atoms. The van der Waals surface area contributed by atoms with E-state index in [0.29, 0.717) is 37.9 Å². The fraction of sp³-hybridized carbons (Fsp3) is 0.219. The molecule has 1 fully saturated rings. The first kappa shape index (κ1) is 25.4. The van der Waals surface area contributed by atoms with Gasteiger partial charge in [-0.05, 0) is 41.8 Å². The average molecular weight is 535 g/mol. The number of carbonyl (C=O) groups is 1. The van der Waals surface area contributed by atoms with Crippen molar-refractivity contribution in [1.29, 1.82) is 0 Å². The van der Waals surface area contributed by atoms with Crippen LogP contribution in [0.3, 0.4) is 0 Å². The van der Waals surface area contributed by atoms with Crippen LogP contribution in [-0.2, 0) is 25.1 Å². The van der Waals surface area contributed by atoms with Crippen molar-refractivity contribution < 1.29 is 19.4 Å². The SMILES string of the molecule is Cn1nc(-c2ccc(OCc3ccccc3)nc2OCc2ccccc2)c2ccc(N3CC[C@H](C(=O)O)C3)cc21. The van der Waals surface area contributed by atoms with Crippen molar-refractivity contribution >= 4 is 22.6 Å². The number of hydrogen-bond acceptors (Lipinski definition) is 6. The van der Waals surface area contributed by atoms with Crippen molar-refractivity contribution in [2.75, 3.05) is 18.0 Å². The number of benzene rings is 3. The standard InChI is InChI=1S/C32H30N4O4/c1-35-28-18-25(36-17-16-24(19-36)32(37)38)12-13-26(28)30(34-35)27-14-15-29(39-20-22-8-4-2-5-9-22)33-31(27)40-21-23-10-6-3-7-11-23/h2-15,18,24H,16-17,19-21H2,1H3,(H,37,38)/t24-/m0/s1. The number of carboxylic acids is 1. The van der Waals surface area contributed by atoms with E-state index in [1.165, 1.54) is 0 Å². The van der Waals surface area contributed by atoms with Gasteiger partial charge in [0.25, 0.3) is 0 Å². The first-order valence-corrected chi connectivity index (χ1v) is 13.3. The highest BCUT2D eigenvalue weighted by molar-refractivity contribution is 5.96. The van der Waals surface area contributed by atoms with Gasteiger partial charge in [0.1, 0.15) is 18.9 Å². The topological polar surface area (TPSA) is 89.7 Å². The summed E-state index contributed by atoms with van der Waals surface area (Å²) >= 11 is 0. The summed E-state index contributed by atoms with van der Waals surface area (Å²) in [6, 6.07) is 29.9. The monoisotopic (exact) mass is 534 g/mol. The second-order valence-corrected chi connectivity index (χ2v) is 9.99. The third-order valence-corrected chi connectivity index (χ3v) is 7.28. The van der Waals surface area contributed by atoms with E-state index in [-0.39, 0.29) is 5.92 Å². The third-order valence-electron chi connectivity index (χ3n) is 7.28. The first-order chi connectivity index (χ1) is 19.5. The number of aryl methyl sites for hydroxylation is 1. The minimum atomic E-state index is -0.738. The number of aliphatic carboxylic acids is 1. The molecule has 0 radical (unpaired) electrons. The molecule has 0 aliphatic carbocycles. The lowest BCUT2D eigenvalue weighted by molar-refractivity contribution is -0.140. The van der Waals surface area contributed by atoms with Crippen molar-refractivity contribution in [3.8, 4) is 23.0 Å². The van der Waals surface area contributed by atoms with Gasteiger partial charge in [0, 0.05) is 37.3 Å². The molecule has 0 amide bonds.